The molecule has 37 heavy (non-hydrogen) atoms. The molecular formula is C27H33FN2O7. The average molecular weight is 517 g/mol. The Balaban J connectivity index is 2.28. The molecule has 1 aliphatic heterocycles. The lowest BCUT2D eigenvalue weighted by Crippen LogP contribution is -2.38. The number of rotatable bonds is 11. The van der Waals surface area contributed by atoms with Gasteiger partial charge in [-0.3, -0.25) is 9.59 Å². The smallest absolute Gasteiger partial charge is 0.295 e. The first-order valence-corrected chi connectivity index (χ1v) is 11.9. The van der Waals surface area contributed by atoms with Crippen molar-refractivity contribution in [3.05, 3.63) is 52.8 Å². The predicted octanol–water partition coefficient (Wildman–Crippen LogP) is 3.62. The van der Waals surface area contributed by atoms with Crippen LogP contribution >= 0.6 is 0 Å². The molecule has 9 nitrogen and oxygen atoms in total. The van der Waals surface area contributed by atoms with E-state index in [1.54, 1.807) is 12.1 Å². The third-order valence-corrected chi connectivity index (χ3v) is 6.51. The van der Waals surface area contributed by atoms with Crippen LogP contribution in [0.5, 0.6) is 23.0 Å². The largest absolute Gasteiger partial charge is 0.507 e. The van der Waals surface area contributed by atoms with Gasteiger partial charge in [0.05, 0.1) is 45.6 Å². The van der Waals surface area contributed by atoms with Gasteiger partial charge in [-0.05, 0) is 49.0 Å². The van der Waals surface area contributed by atoms with E-state index in [2.05, 4.69) is 4.90 Å². The number of likely N-dealkylation sites (N-methyl/N-ethyl adjacent to an activating group) is 1. The summed E-state index contributed by atoms with van der Waals surface area (Å²) < 4.78 is 35.8. The van der Waals surface area contributed by atoms with Gasteiger partial charge in [0.1, 0.15) is 17.3 Å². The van der Waals surface area contributed by atoms with Gasteiger partial charge in [0.25, 0.3) is 11.7 Å². The maximum Gasteiger partial charge on any atom is 0.295 e. The molecule has 1 N–H and O–H groups in total. The molecule has 0 saturated carbocycles. The van der Waals surface area contributed by atoms with Gasteiger partial charge in [-0.25, -0.2) is 4.39 Å². The number of hydrogen-bond donors (Lipinski definition) is 1. The molecule has 1 fully saturated rings. The number of Topliss-reactive ketones (excluding diaryl/α,β-unsaturated/α-hetero) is 1. The fourth-order valence-corrected chi connectivity index (χ4v) is 4.52. The fourth-order valence-electron chi connectivity index (χ4n) is 4.52. The minimum atomic E-state index is -1.00. The zero-order valence-electron chi connectivity index (χ0n) is 22.0. The van der Waals surface area contributed by atoms with Gasteiger partial charge in [-0.15, -0.1) is 0 Å². The molecule has 2 aromatic rings. The summed E-state index contributed by atoms with van der Waals surface area (Å²) in [5, 5.41) is 11.4. The van der Waals surface area contributed by atoms with Crippen LogP contribution in [-0.2, 0) is 9.59 Å². The minimum Gasteiger partial charge on any atom is -0.507 e. The fraction of sp³-hybridized carbons (Fsp3) is 0.407. The van der Waals surface area contributed by atoms with Gasteiger partial charge in [0.2, 0.25) is 5.75 Å². The zero-order chi connectivity index (χ0) is 27.3. The van der Waals surface area contributed by atoms with Gasteiger partial charge < -0.3 is 33.9 Å². The first-order chi connectivity index (χ1) is 17.8. The van der Waals surface area contributed by atoms with E-state index in [4.69, 9.17) is 18.9 Å². The summed E-state index contributed by atoms with van der Waals surface area (Å²) in [7, 11) is 5.74. The van der Waals surface area contributed by atoms with Crippen LogP contribution < -0.4 is 18.9 Å². The highest BCUT2D eigenvalue weighted by atomic mass is 19.1. The molecule has 0 bridgehead atoms. The number of carbonyl (C=O) groups is 2. The van der Waals surface area contributed by atoms with E-state index in [9.17, 15) is 19.1 Å². The highest BCUT2D eigenvalue weighted by molar-refractivity contribution is 6.46. The van der Waals surface area contributed by atoms with Crippen LogP contribution in [0.2, 0.25) is 0 Å². The highest BCUT2D eigenvalue weighted by Gasteiger charge is 2.46. The van der Waals surface area contributed by atoms with Crippen molar-refractivity contribution in [3.8, 4) is 23.0 Å². The zero-order valence-corrected chi connectivity index (χ0v) is 22.0. The summed E-state index contributed by atoms with van der Waals surface area (Å²) >= 11 is 0. The molecule has 10 heteroatoms. The van der Waals surface area contributed by atoms with Crippen molar-refractivity contribution >= 4 is 17.4 Å². The number of ketones is 1. The Morgan fingerprint density at radius 2 is 1.54 bits per heavy atom. The van der Waals surface area contributed by atoms with Crippen LogP contribution in [0.3, 0.4) is 0 Å². The van der Waals surface area contributed by atoms with Gasteiger partial charge in [0, 0.05) is 13.1 Å². The van der Waals surface area contributed by atoms with Gasteiger partial charge in [-0.1, -0.05) is 13.8 Å². The Hall–Kier alpha value is -3.79. The lowest BCUT2D eigenvalue weighted by atomic mass is 9.94. The van der Waals surface area contributed by atoms with Crippen LogP contribution in [0.25, 0.3) is 5.76 Å². The van der Waals surface area contributed by atoms with Gasteiger partial charge >= 0.3 is 0 Å². The number of methoxy groups -OCH3 is 4. The van der Waals surface area contributed by atoms with Gasteiger partial charge in [-0.2, -0.15) is 0 Å². The Morgan fingerprint density at radius 1 is 0.946 bits per heavy atom. The molecule has 3 rings (SSSR count). The molecule has 1 unspecified atom stereocenters. The maximum absolute atomic E-state index is 14.2. The molecule has 0 aliphatic carbocycles. The summed E-state index contributed by atoms with van der Waals surface area (Å²) in [5.74, 6) is -1.73. The lowest BCUT2D eigenvalue weighted by Gasteiger charge is -2.29. The van der Waals surface area contributed by atoms with E-state index in [0.717, 1.165) is 19.2 Å². The summed E-state index contributed by atoms with van der Waals surface area (Å²) in [6.45, 7) is 6.25. The number of halogens is 1. The molecule has 2 aromatic carbocycles. The molecular weight excluding hydrogens is 483 g/mol. The third-order valence-electron chi connectivity index (χ3n) is 6.51. The second kappa shape index (κ2) is 12.0. The van der Waals surface area contributed by atoms with Crippen molar-refractivity contribution in [2.24, 2.45) is 0 Å². The Morgan fingerprint density at radius 3 is 2.05 bits per heavy atom. The number of likely N-dealkylation sites (tertiary alicyclic amines) is 1. The van der Waals surface area contributed by atoms with E-state index >= 15 is 0 Å². The molecule has 1 amide bonds. The number of nitrogens with zero attached hydrogens (tertiary/aromatic N) is 2. The Bertz CT molecular complexity index is 1170. The molecule has 200 valence electrons. The number of benzene rings is 2. The van der Waals surface area contributed by atoms with E-state index in [-0.39, 0.29) is 23.4 Å². The monoisotopic (exact) mass is 516 g/mol. The number of hydrogen-bond acceptors (Lipinski definition) is 8. The topological polar surface area (TPSA) is 97.8 Å². The maximum atomic E-state index is 14.2. The molecule has 0 radical (unpaired) electrons. The van der Waals surface area contributed by atoms with Crippen molar-refractivity contribution in [1.82, 2.24) is 9.80 Å². The summed E-state index contributed by atoms with van der Waals surface area (Å²) in [5.41, 5.74) is 0.217. The molecule has 1 aliphatic rings. The highest BCUT2D eigenvalue weighted by Crippen LogP contribution is 2.46. The normalized spacial score (nSPS) is 16.9. The van der Waals surface area contributed by atoms with Gasteiger partial charge in [0.15, 0.2) is 11.5 Å². The average Bonchev–Trinajstić information content (AvgIpc) is 3.17. The number of aliphatic hydroxyl groups excluding tert-OH is 1. The standard InChI is InChI=1S/C27H33FN2O7/c1-7-29(8-2)11-12-30-23(16-13-20(35-4)26(37-6)21(14-16)36-5)22(25(32)27(30)33)24(31)18-15-17(28)9-10-19(18)34-3/h9-10,13-15,23,31H,7-8,11-12H2,1-6H3/b24-22+. The summed E-state index contributed by atoms with van der Waals surface area (Å²) in [6, 6.07) is 5.82. The Kier molecular flexibility index (Phi) is 8.99. The second-order valence-electron chi connectivity index (χ2n) is 8.32. The van der Waals surface area contributed by atoms with E-state index < -0.39 is 29.3 Å². The first kappa shape index (κ1) is 27.8. The van der Waals surface area contributed by atoms with Crippen molar-refractivity contribution in [2.75, 3.05) is 54.6 Å². The van der Waals surface area contributed by atoms with E-state index in [1.807, 2.05) is 13.8 Å². The van der Waals surface area contributed by atoms with Crippen molar-refractivity contribution in [1.29, 1.82) is 0 Å². The minimum absolute atomic E-state index is 0.0401. The quantitative estimate of drug-likeness (QED) is 0.275. The number of aliphatic hydroxyl groups is 1. The van der Waals surface area contributed by atoms with E-state index in [0.29, 0.717) is 29.4 Å². The van der Waals surface area contributed by atoms with Crippen LogP contribution in [-0.4, -0.2) is 81.2 Å². The number of amides is 1. The van der Waals surface area contributed by atoms with Crippen LogP contribution in [0.15, 0.2) is 35.9 Å². The number of ether oxygens (including phenoxy) is 4. The third kappa shape index (κ3) is 5.34. The van der Waals surface area contributed by atoms with Crippen LogP contribution in [0, 0.1) is 5.82 Å². The van der Waals surface area contributed by atoms with Crippen LogP contribution in [0.1, 0.15) is 31.0 Å². The molecule has 1 atom stereocenters. The van der Waals surface area contributed by atoms with Crippen molar-refractivity contribution in [2.45, 2.75) is 19.9 Å². The predicted molar refractivity (Wildman–Crippen MR) is 136 cm³/mol. The lowest BCUT2D eigenvalue weighted by molar-refractivity contribution is -0.140. The van der Waals surface area contributed by atoms with E-state index in [1.165, 1.54) is 45.5 Å². The first-order valence-electron chi connectivity index (χ1n) is 11.9. The number of carbonyl (C=O) groups excluding carboxylic acids is 2. The Labute approximate surface area is 216 Å². The van der Waals surface area contributed by atoms with Crippen LogP contribution in [0.4, 0.5) is 4.39 Å². The SMILES string of the molecule is CCN(CC)CCN1C(=O)C(=O)/C(=C(/O)c2cc(F)ccc2OC)C1c1cc(OC)c(OC)c(OC)c1. The molecule has 1 heterocycles. The van der Waals surface area contributed by atoms with Crippen molar-refractivity contribution in [3.63, 3.8) is 0 Å². The second-order valence-corrected chi connectivity index (χ2v) is 8.32. The molecule has 0 aromatic heterocycles. The summed E-state index contributed by atoms with van der Waals surface area (Å²) in [4.78, 5) is 30.2. The summed E-state index contributed by atoms with van der Waals surface area (Å²) in [6.07, 6.45) is 0. The van der Waals surface area contributed by atoms with Crippen molar-refractivity contribution < 1.29 is 38.0 Å². The molecule has 1 saturated heterocycles. The molecule has 0 spiro atoms.